The van der Waals surface area contributed by atoms with E-state index in [0.717, 1.165) is 39.8 Å². The number of alkyl halides is 3. The SMILES string of the molecule is [2H]C([2H])([2H])c1cc(C)c(-c2ccc(C([2H])([2H])C(F)(F)F)c[n+]2C)cc1-c1ccc2c(c1)c1ccccc1n2-c1ccccc1. The van der Waals surface area contributed by atoms with Crippen LogP contribution in [0.2, 0.25) is 0 Å². The van der Waals surface area contributed by atoms with Crippen molar-refractivity contribution in [1.29, 1.82) is 0 Å². The Balaban J connectivity index is 1.57. The average molecular weight is 527 g/mol. The maximum Gasteiger partial charge on any atom is 0.393 e. The molecule has 4 aromatic carbocycles. The standard InChI is InChI=1S/C34H28F3N2/c1-22-17-23(2)29(31-15-13-24(21-38(31)3)20-34(35,36)37)19-28(22)25-14-16-33-30(18-25)27-11-7-8-12-32(27)39(33)26-9-5-4-6-10-26/h4-19,21H,20H2,1-3H3/q+1/i1D3,20D2. The molecular formula is C34H28F3N2+. The number of rotatable bonds is 4. The predicted molar refractivity (Wildman–Crippen MR) is 152 cm³/mol. The van der Waals surface area contributed by atoms with Crippen LogP contribution in [0.1, 0.15) is 23.5 Å². The van der Waals surface area contributed by atoms with E-state index >= 15 is 0 Å². The molecule has 0 aliphatic heterocycles. The minimum Gasteiger partial charge on any atom is -0.309 e. The van der Waals surface area contributed by atoms with E-state index in [1.807, 2.05) is 72.8 Å². The van der Waals surface area contributed by atoms with Crippen LogP contribution in [-0.2, 0) is 13.4 Å². The van der Waals surface area contributed by atoms with E-state index in [2.05, 4.69) is 4.57 Å². The molecule has 194 valence electrons. The van der Waals surface area contributed by atoms with E-state index < -0.39 is 25.0 Å². The molecule has 5 heteroatoms. The average Bonchev–Trinajstić information content (AvgIpc) is 3.30. The summed E-state index contributed by atoms with van der Waals surface area (Å²) < 4.78 is 84.0. The molecule has 2 nitrogen and oxygen atoms in total. The minimum absolute atomic E-state index is 0.164. The second-order valence-corrected chi connectivity index (χ2v) is 9.67. The van der Waals surface area contributed by atoms with Crippen molar-refractivity contribution in [2.45, 2.75) is 26.3 Å². The van der Waals surface area contributed by atoms with Crippen LogP contribution >= 0.6 is 0 Å². The van der Waals surface area contributed by atoms with Gasteiger partial charge in [-0.05, 0) is 78.5 Å². The second kappa shape index (κ2) is 9.42. The fourth-order valence-electron chi connectivity index (χ4n) is 5.34. The zero-order valence-electron chi connectivity index (χ0n) is 26.3. The van der Waals surface area contributed by atoms with Crippen molar-refractivity contribution < 1.29 is 24.6 Å². The molecule has 0 radical (unpaired) electrons. The fraction of sp³-hybridized carbons (Fsp3) is 0.147. The molecule has 0 amide bonds. The molecule has 0 saturated heterocycles. The highest BCUT2D eigenvalue weighted by molar-refractivity contribution is 6.10. The summed E-state index contributed by atoms with van der Waals surface area (Å²) in [5, 5.41) is 1.96. The molecule has 6 aromatic rings. The maximum absolute atomic E-state index is 13.4. The lowest BCUT2D eigenvalue weighted by molar-refractivity contribution is -0.660. The van der Waals surface area contributed by atoms with Gasteiger partial charge in [-0.15, -0.1) is 0 Å². The Hall–Kier alpha value is -4.38. The third-order valence-electron chi connectivity index (χ3n) is 7.06. The summed E-state index contributed by atoms with van der Waals surface area (Å²) in [5.74, 6) is 0. The van der Waals surface area contributed by atoms with Gasteiger partial charge in [-0.2, -0.15) is 13.2 Å². The van der Waals surface area contributed by atoms with E-state index in [4.69, 9.17) is 6.85 Å². The summed E-state index contributed by atoms with van der Waals surface area (Å²) in [6, 6.07) is 29.8. The molecule has 0 aliphatic rings. The van der Waals surface area contributed by atoms with Crippen LogP contribution < -0.4 is 4.57 Å². The van der Waals surface area contributed by atoms with Crippen molar-refractivity contribution in [2.24, 2.45) is 7.05 Å². The van der Waals surface area contributed by atoms with E-state index in [9.17, 15) is 13.2 Å². The van der Waals surface area contributed by atoms with E-state index in [0.29, 0.717) is 27.9 Å². The molecule has 0 unspecified atom stereocenters. The number of aryl methyl sites for hydroxylation is 3. The zero-order valence-corrected chi connectivity index (χ0v) is 21.3. The second-order valence-electron chi connectivity index (χ2n) is 9.67. The number of hydrogen-bond acceptors (Lipinski definition) is 0. The first-order chi connectivity index (χ1) is 20.7. The van der Waals surface area contributed by atoms with Crippen molar-refractivity contribution >= 4 is 21.8 Å². The monoisotopic (exact) mass is 526 g/mol. The molecule has 0 bridgehead atoms. The van der Waals surface area contributed by atoms with Crippen molar-refractivity contribution in [3.63, 3.8) is 0 Å². The highest BCUT2D eigenvalue weighted by Crippen LogP contribution is 2.37. The Morgan fingerprint density at radius 2 is 1.54 bits per heavy atom. The Kier molecular flexibility index (Phi) is 4.75. The lowest BCUT2D eigenvalue weighted by Crippen LogP contribution is -2.32. The summed E-state index contributed by atoms with van der Waals surface area (Å²) in [7, 11) is 1.55. The number of benzene rings is 4. The fourth-order valence-corrected chi connectivity index (χ4v) is 5.34. The van der Waals surface area contributed by atoms with E-state index in [-0.39, 0.29) is 5.56 Å². The number of aromatic nitrogens is 2. The van der Waals surface area contributed by atoms with Crippen LogP contribution in [0.15, 0.2) is 103 Å². The highest BCUT2D eigenvalue weighted by Gasteiger charge is 2.29. The number of para-hydroxylation sites is 2. The van der Waals surface area contributed by atoms with Crippen molar-refractivity contribution in [2.75, 3.05) is 0 Å². The number of nitrogens with zero attached hydrogens (tertiary/aromatic N) is 2. The quantitative estimate of drug-likeness (QED) is 0.203. The van der Waals surface area contributed by atoms with Crippen molar-refractivity contribution in [3.8, 4) is 28.1 Å². The molecule has 6 rings (SSSR count). The highest BCUT2D eigenvalue weighted by atomic mass is 19.4. The van der Waals surface area contributed by atoms with Gasteiger partial charge in [0.1, 0.15) is 7.05 Å². The van der Waals surface area contributed by atoms with Gasteiger partial charge in [0.15, 0.2) is 6.20 Å². The van der Waals surface area contributed by atoms with Gasteiger partial charge in [0, 0.05) is 40.5 Å². The normalized spacial score (nSPS) is 14.5. The summed E-state index contributed by atoms with van der Waals surface area (Å²) in [4.78, 5) is 0. The molecule has 0 atom stereocenters. The molecule has 0 fully saturated rings. The molecule has 2 heterocycles. The third kappa shape index (κ3) is 4.59. The molecule has 0 saturated carbocycles. The van der Waals surface area contributed by atoms with E-state index in [1.165, 1.54) is 10.6 Å². The summed E-state index contributed by atoms with van der Waals surface area (Å²) in [6.45, 7) is -0.672. The predicted octanol–water partition coefficient (Wildman–Crippen LogP) is 8.66. The maximum atomic E-state index is 13.4. The lowest BCUT2D eigenvalue weighted by atomic mass is 9.92. The molecule has 0 aliphatic carbocycles. The number of hydrogen-bond donors (Lipinski definition) is 0. The van der Waals surface area contributed by atoms with Gasteiger partial charge in [0.2, 0.25) is 5.69 Å². The van der Waals surface area contributed by atoms with Crippen LogP contribution in [0.5, 0.6) is 0 Å². The molecule has 2 aromatic heterocycles. The summed E-state index contributed by atoms with van der Waals surface area (Å²) >= 11 is 0. The Bertz CT molecular complexity index is 2050. The minimum atomic E-state index is -5.08. The van der Waals surface area contributed by atoms with E-state index in [1.54, 1.807) is 26.1 Å². The zero-order chi connectivity index (χ0) is 31.6. The van der Waals surface area contributed by atoms with Crippen LogP contribution in [0, 0.1) is 13.8 Å². The van der Waals surface area contributed by atoms with Gasteiger partial charge in [0.25, 0.3) is 0 Å². The Morgan fingerprint density at radius 3 is 2.28 bits per heavy atom. The Labute approximate surface area is 232 Å². The van der Waals surface area contributed by atoms with Crippen LogP contribution in [0.25, 0.3) is 49.9 Å². The third-order valence-corrected chi connectivity index (χ3v) is 7.06. The van der Waals surface area contributed by atoms with Crippen LogP contribution in [-0.4, -0.2) is 10.7 Å². The van der Waals surface area contributed by atoms with Gasteiger partial charge >= 0.3 is 6.18 Å². The van der Waals surface area contributed by atoms with Gasteiger partial charge in [-0.3, -0.25) is 0 Å². The molecule has 0 N–H and O–H groups in total. The number of halogens is 3. The van der Waals surface area contributed by atoms with Crippen LogP contribution in [0.4, 0.5) is 13.2 Å². The largest absolute Gasteiger partial charge is 0.393 e. The smallest absolute Gasteiger partial charge is 0.309 e. The number of pyridine rings is 1. The van der Waals surface area contributed by atoms with Crippen molar-refractivity contribution in [3.05, 3.63) is 120 Å². The first kappa shape index (κ1) is 19.7. The van der Waals surface area contributed by atoms with Gasteiger partial charge in [-0.1, -0.05) is 48.5 Å². The van der Waals surface area contributed by atoms with Gasteiger partial charge < -0.3 is 4.57 Å². The van der Waals surface area contributed by atoms with Gasteiger partial charge in [-0.25, -0.2) is 4.57 Å². The first-order valence-electron chi connectivity index (χ1n) is 15.0. The van der Waals surface area contributed by atoms with Gasteiger partial charge in [0.05, 0.1) is 17.4 Å². The lowest BCUT2D eigenvalue weighted by Gasteiger charge is -2.13. The van der Waals surface area contributed by atoms with Crippen molar-refractivity contribution in [1.82, 2.24) is 4.57 Å². The summed E-state index contributed by atoms with van der Waals surface area (Å²) in [6.07, 6.45) is -7.47. The topological polar surface area (TPSA) is 8.81 Å². The summed E-state index contributed by atoms with van der Waals surface area (Å²) in [5.41, 5.74) is 5.56. The molecular weight excluding hydrogens is 493 g/mol. The van der Waals surface area contributed by atoms with Crippen LogP contribution in [0.3, 0.4) is 0 Å². The first-order valence-corrected chi connectivity index (χ1v) is 12.5. The Morgan fingerprint density at radius 1 is 0.795 bits per heavy atom. The number of fused-ring (bicyclic) bond motifs is 3. The molecule has 0 spiro atoms. The molecule has 39 heavy (non-hydrogen) atoms.